The van der Waals surface area contributed by atoms with Crippen LogP contribution in [0.15, 0.2) is 40.8 Å². The highest BCUT2D eigenvalue weighted by atomic mass is 19.4. The number of carbonyl (C=O) groups excluding carboxylic acids is 1. The number of nitrogens with zero attached hydrogens (tertiary/aromatic N) is 3. The summed E-state index contributed by atoms with van der Waals surface area (Å²) in [5.41, 5.74) is 1.75. The molecule has 0 radical (unpaired) electrons. The van der Waals surface area contributed by atoms with E-state index in [1.807, 2.05) is 0 Å². The molecule has 2 aromatic carbocycles. The second kappa shape index (κ2) is 8.34. The number of benzene rings is 2. The lowest BCUT2D eigenvalue weighted by atomic mass is 10.1. The van der Waals surface area contributed by atoms with Gasteiger partial charge in [0, 0.05) is 36.8 Å². The Morgan fingerprint density at radius 3 is 2.41 bits per heavy atom. The van der Waals surface area contributed by atoms with Gasteiger partial charge in [-0.3, -0.25) is 9.69 Å². The van der Waals surface area contributed by atoms with Gasteiger partial charge >= 0.3 is 6.18 Å². The SMILES string of the molecule is COc1cc(OC)cc(-c2nc3cc(C(=O)N4CCN(C)C(C(F)(F)F)C4)ccc3o2)c1. The van der Waals surface area contributed by atoms with Crippen LogP contribution in [0.1, 0.15) is 10.4 Å². The molecule has 10 heteroatoms. The number of carbonyl (C=O) groups is 1. The van der Waals surface area contributed by atoms with Crippen LogP contribution >= 0.6 is 0 Å². The molecule has 1 aliphatic heterocycles. The largest absolute Gasteiger partial charge is 0.497 e. The summed E-state index contributed by atoms with van der Waals surface area (Å²) in [6.07, 6.45) is -4.41. The second-order valence-corrected chi connectivity index (χ2v) is 7.59. The molecule has 1 unspecified atom stereocenters. The van der Waals surface area contributed by atoms with Crippen molar-refractivity contribution in [2.24, 2.45) is 0 Å². The van der Waals surface area contributed by atoms with Crippen molar-refractivity contribution in [2.75, 3.05) is 40.9 Å². The van der Waals surface area contributed by atoms with Crippen molar-refractivity contribution in [1.82, 2.24) is 14.8 Å². The number of piperazine rings is 1. The van der Waals surface area contributed by atoms with Crippen LogP contribution in [0.5, 0.6) is 11.5 Å². The normalized spacial score (nSPS) is 17.6. The van der Waals surface area contributed by atoms with Crippen LogP contribution in [0.25, 0.3) is 22.6 Å². The van der Waals surface area contributed by atoms with Crippen molar-refractivity contribution < 1.29 is 31.9 Å². The molecule has 0 bridgehead atoms. The van der Waals surface area contributed by atoms with Crippen molar-refractivity contribution >= 4 is 17.0 Å². The van der Waals surface area contributed by atoms with Crippen molar-refractivity contribution in [3.8, 4) is 23.0 Å². The minimum absolute atomic E-state index is 0.143. The van der Waals surface area contributed by atoms with Gasteiger partial charge in [-0.1, -0.05) is 0 Å². The molecule has 0 aliphatic carbocycles. The molecule has 1 saturated heterocycles. The highest BCUT2D eigenvalue weighted by Crippen LogP contribution is 2.32. The number of amides is 1. The van der Waals surface area contributed by atoms with Crippen molar-refractivity contribution in [3.05, 3.63) is 42.0 Å². The van der Waals surface area contributed by atoms with E-state index in [1.54, 1.807) is 24.3 Å². The van der Waals surface area contributed by atoms with E-state index in [0.717, 1.165) is 0 Å². The molecule has 2 heterocycles. The molecule has 3 aromatic rings. The smallest absolute Gasteiger partial charge is 0.405 e. The molecule has 4 rings (SSSR count). The summed E-state index contributed by atoms with van der Waals surface area (Å²) in [7, 11) is 4.48. The first-order chi connectivity index (χ1) is 15.2. The summed E-state index contributed by atoms with van der Waals surface area (Å²) >= 11 is 0. The number of aromatic nitrogens is 1. The predicted molar refractivity (Wildman–Crippen MR) is 111 cm³/mol. The van der Waals surface area contributed by atoms with Crippen LogP contribution in [-0.4, -0.2) is 73.8 Å². The molecule has 7 nitrogen and oxygen atoms in total. The Morgan fingerprint density at radius 1 is 1.09 bits per heavy atom. The van der Waals surface area contributed by atoms with E-state index in [9.17, 15) is 18.0 Å². The van der Waals surface area contributed by atoms with Gasteiger partial charge in [0.15, 0.2) is 5.58 Å². The molecule has 1 atom stereocenters. The van der Waals surface area contributed by atoms with Gasteiger partial charge in [-0.15, -0.1) is 0 Å². The van der Waals surface area contributed by atoms with Gasteiger partial charge < -0.3 is 18.8 Å². The molecule has 1 fully saturated rings. The molecular formula is C22H22F3N3O4. The number of ether oxygens (including phenoxy) is 2. The fourth-order valence-corrected chi connectivity index (χ4v) is 3.71. The molecule has 0 saturated carbocycles. The number of rotatable bonds is 4. The van der Waals surface area contributed by atoms with E-state index >= 15 is 0 Å². The lowest BCUT2D eigenvalue weighted by Gasteiger charge is -2.40. The highest BCUT2D eigenvalue weighted by molar-refractivity contribution is 5.97. The van der Waals surface area contributed by atoms with Gasteiger partial charge in [0.2, 0.25) is 5.89 Å². The summed E-state index contributed by atoms with van der Waals surface area (Å²) < 4.78 is 56.2. The maximum Gasteiger partial charge on any atom is 0.405 e. The zero-order chi connectivity index (χ0) is 23.0. The Balaban J connectivity index is 1.62. The van der Waals surface area contributed by atoms with E-state index in [2.05, 4.69) is 4.98 Å². The van der Waals surface area contributed by atoms with E-state index in [4.69, 9.17) is 13.9 Å². The van der Waals surface area contributed by atoms with Gasteiger partial charge in [0.25, 0.3) is 5.91 Å². The van der Waals surface area contributed by atoms with Gasteiger partial charge in [0.05, 0.1) is 14.2 Å². The molecule has 0 spiro atoms. The lowest BCUT2D eigenvalue weighted by Crippen LogP contribution is -2.58. The average molecular weight is 449 g/mol. The predicted octanol–water partition coefficient (Wildman–Crippen LogP) is 3.83. The minimum Gasteiger partial charge on any atom is -0.497 e. The van der Waals surface area contributed by atoms with Gasteiger partial charge in [-0.2, -0.15) is 13.2 Å². The average Bonchev–Trinajstić information content (AvgIpc) is 3.21. The zero-order valence-corrected chi connectivity index (χ0v) is 17.8. The first kappa shape index (κ1) is 21.9. The van der Waals surface area contributed by atoms with Crippen LogP contribution < -0.4 is 9.47 Å². The van der Waals surface area contributed by atoms with Crippen molar-refractivity contribution in [1.29, 1.82) is 0 Å². The molecule has 1 aliphatic rings. The Kier molecular flexibility index (Phi) is 5.72. The maximum absolute atomic E-state index is 13.3. The summed E-state index contributed by atoms with van der Waals surface area (Å²) in [6.45, 7) is -0.0535. The van der Waals surface area contributed by atoms with E-state index in [0.29, 0.717) is 34.1 Å². The zero-order valence-electron chi connectivity index (χ0n) is 17.8. The summed E-state index contributed by atoms with van der Waals surface area (Å²) in [6, 6.07) is 8.16. The monoisotopic (exact) mass is 449 g/mol. The van der Waals surface area contributed by atoms with Crippen LogP contribution in [0.2, 0.25) is 0 Å². The number of fused-ring (bicyclic) bond motifs is 1. The van der Waals surface area contributed by atoms with Crippen LogP contribution in [0, 0.1) is 0 Å². The third kappa shape index (κ3) is 4.22. The molecule has 0 N–H and O–H groups in total. The minimum atomic E-state index is -4.41. The second-order valence-electron chi connectivity index (χ2n) is 7.59. The Hall–Kier alpha value is -3.27. The summed E-state index contributed by atoms with van der Waals surface area (Å²) in [5.74, 6) is 0.957. The van der Waals surface area contributed by atoms with E-state index < -0.39 is 24.7 Å². The fourth-order valence-electron chi connectivity index (χ4n) is 3.71. The van der Waals surface area contributed by atoms with Gasteiger partial charge in [-0.05, 0) is 37.4 Å². The number of alkyl halides is 3. The molecule has 32 heavy (non-hydrogen) atoms. The van der Waals surface area contributed by atoms with E-state index in [1.165, 1.54) is 43.2 Å². The number of oxazole rings is 1. The lowest BCUT2D eigenvalue weighted by molar-refractivity contribution is -0.190. The quantitative estimate of drug-likeness (QED) is 0.603. The molecule has 170 valence electrons. The summed E-state index contributed by atoms with van der Waals surface area (Å²) in [4.78, 5) is 19.8. The fraction of sp³-hybridized carbons (Fsp3) is 0.364. The molecule has 1 aromatic heterocycles. The molecular weight excluding hydrogens is 427 g/mol. The van der Waals surface area contributed by atoms with Crippen molar-refractivity contribution in [3.63, 3.8) is 0 Å². The number of methoxy groups -OCH3 is 2. The highest BCUT2D eigenvalue weighted by Gasteiger charge is 2.46. The molecule has 1 amide bonds. The first-order valence-corrected chi connectivity index (χ1v) is 9.90. The third-order valence-corrected chi connectivity index (χ3v) is 5.55. The number of halogens is 3. The Morgan fingerprint density at radius 2 is 1.78 bits per heavy atom. The van der Waals surface area contributed by atoms with Gasteiger partial charge in [-0.25, -0.2) is 4.98 Å². The Bertz CT molecular complexity index is 1120. The standard InChI is InChI=1S/C22H22F3N3O4/c1-27-6-7-28(12-19(27)22(23,24)25)21(29)13-4-5-18-17(10-13)26-20(32-18)14-8-15(30-2)11-16(9-14)31-3/h4-5,8-11,19H,6-7,12H2,1-3H3. The summed E-state index contributed by atoms with van der Waals surface area (Å²) in [5, 5.41) is 0. The van der Waals surface area contributed by atoms with E-state index in [-0.39, 0.29) is 18.7 Å². The number of likely N-dealkylation sites (N-methyl/N-ethyl adjacent to an activating group) is 1. The number of hydrogen-bond acceptors (Lipinski definition) is 6. The Labute approximate surface area is 182 Å². The topological polar surface area (TPSA) is 68.0 Å². The number of hydrogen-bond donors (Lipinski definition) is 0. The van der Waals surface area contributed by atoms with Crippen LogP contribution in [0.4, 0.5) is 13.2 Å². The van der Waals surface area contributed by atoms with Crippen LogP contribution in [0.3, 0.4) is 0 Å². The first-order valence-electron chi connectivity index (χ1n) is 9.90. The maximum atomic E-state index is 13.3. The van der Waals surface area contributed by atoms with Crippen molar-refractivity contribution in [2.45, 2.75) is 12.2 Å². The third-order valence-electron chi connectivity index (χ3n) is 5.55. The van der Waals surface area contributed by atoms with Crippen LogP contribution in [-0.2, 0) is 0 Å². The van der Waals surface area contributed by atoms with Gasteiger partial charge in [0.1, 0.15) is 23.1 Å².